The molecule has 0 spiro atoms. The van der Waals surface area contributed by atoms with Crippen LogP contribution in [0.25, 0.3) is 10.8 Å². The first kappa shape index (κ1) is 25.4. The summed E-state index contributed by atoms with van der Waals surface area (Å²) in [7, 11) is -3.78. The molecule has 182 valence electrons. The van der Waals surface area contributed by atoms with Gasteiger partial charge in [0.1, 0.15) is 5.60 Å². The molecule has 8 nitrogen and oxygen atoms in total. The highest BCUT2D eigenvalue weighted by Gasteiger charge is 2.28. The average Bonchev–Trinajstić information content (AvgIpc) is 3.53. The highest BCUT2D eigenvalue weighted by Crippen LogP contribution is 2.41. The van der Waals surface area contributed by atoms with Crippen LogP contribution < -0.4 is 15.8 Å². The van der Waals surface area contributed by atoms with E-state index in [1.807, 2.05) is 19.9 Å². The van der Waals surface area contributed by atoms with E-state index in [9.17, 15) is 13.2 Å². The van der Waals surface area contributed by atoms with Gasteiger partial charge in [0.25, 0.3) is 0 Å². The predicted octanol–water partition coefficient (Wildman–Crippen LogP) is 4.09. The number of hydrogen-bond donors (Lipinski definition) is 3. The fraction of sp³-hybridized carbons (Fsp3) is 0.583. The monoisotopic (exact) mass is 476 g/mol. The Morgan fingerprint density at radius 2 is 1.88 bits per heavy atom. The molecule has 1 aromatic heterocycles. The van der Waals surface area contributed by atoms with Crippen LogP contribution in [0.3, 0.4) is 0 Å². The number of nitrogens with zero attached hydrogens (tertiary/aromatic N) is 1. The van der Waals surface area contributed by atoms with Gasteiger partial charge >= 0.3 is 6.09 Å². The Morgan fingerprint density at radius 1 is 1.21 bits per heavy atom. The Hall–Kier alpha value is -2.23. The van der Waals surface area contributed by atoms with Gasteiger partial charge in [-0.25, -0.2) is 17.9 Å². The van der Waals surface area contributed by atoms with Gasteiger partial charge in [-0.15, -0.1) is 0 Å². The average molecular weight is 477 g/mol. The lowest BCUT2D eigenvalue weighted by Gasteiger charge is -2.22. The highest BCUT2D eigenvalue weighted by molar-refractivity contribution is 7.89. The number of alkyl carbamates (subject to hydrolysis) is 1. The van der Waals surface area contributed by atoms with Gasteiger partial charge in [0.15, 0.2) is 0 Å². The zero-order valence-electron chi connectivity index (χ0n) is 20.4. The normalized spacial score (nSPS) is 15.6. The van der Waals surface area contributed by atoms with Crippen molar-refractivity contribution in [1.82, 2.24) is 15.0 Å². The number of carbonyl (C=O) groups excluding carboxylic acids is 1. The van der Waals surface area contributed by atoms with Crippen LogP contribution in [0.2, 0.25) is 0 Å². The number of ether oxygens (including phenoxy) is 1. The Morgan fingerprint density at radius 3 is 2.42 bits per heavy atom. The van der Waals surface area contributed by atoms with Crippen LogP contribution >= 0.6 is 0 Å². The van der Waals surface area contributed by atoms with Crippen molar-refractivity contribution in [3.05, 3.63) is 35.2 Å². The molecule has 1 atom stereocenters. The van der Waals surface area contributed by atoms with Crippen LogP contribution in [0, 0.1) is 5.92 Å². The lowest BCUT2D eigenvalue weighted by atomic mass is 9.95. The first-order valence-corrected chi connectivity index (χ1v) is 12.9. The number of fused-ring (bicyclic) bond motifs is 1. The number of carbonyl (C=O) groups is 1. The molecule has 0 radical (unpaired) electrons. The third-order valence-corrected chi connectivity index (χ3v) is 6.88. The number of rotatable bonds is 8. The molecule has 1 aromatic carbocycles. The summed E-state index contributed by atoms with van der Waals surface area (Å²) in [5, 5.41) is 4.03. The molecule has 1 aliphatic rings. The predicted molar refractivity (Wildman–Crippen MR) is 129 cm³/mol. The van der Waals surface area contributed by atoms with E-state index < -0.39 is 27.8 Å². The van der Waals surface area contributed by atoms with Crippen LogP contribution in [-0.2, 0) is 21.3 Å². The fourth-order valence-electron chi connectivity index (χ4n) is 3.63. The van der Waals surface area contributed by atoms with Crippen LogP contribution in [0.4, 0.5) is 4.79 Å². The lowest BCUT2D eigenvalue weighted by molar-refractivity contribution is 0.0523. The molecule has 0 saturated heterocycles. The molecule has 1 amide bonds. The molecule has 9 heteroatoms. The molecule has 3 rings (SSSR count). The van der Waals surface area contributed by atoms with Crippen molar-refractivity contribution in [1.29, 1.82) is 0 Å². The van der Waals surface area contributed by atoms with E-state index in [1.54, 1.807) is 40.0 Å². The van der Waals surface area contributed by atoms with Gasteiger partial charge in [0.2, 0.25) is 10.0 Å². The van der Waals surface area contributed by atoms with E-state index in [0.717, 1.165) is 24.1 Å². The molecule has 0 bridgehead atoms. The van der Waals surface area contributed by atoms with E-state index in [4.69, 9.17) is 10.5 Å². The van der Waals surface area contributed by atoms with Crippen LogP contribution in [-0.4, -0.2) is 31.6 Å². The van der Waals surface area contributed by atoms with Crippen LogP contribution in [0.15, 0.2) is 23.2 Å². The Kier molecular flexibility index (Phi) is 7.36. The summed E-state index contributed by atoms with van der Waals surface area (Å²) in [6.45, 7) is 11.6. The number of nitrogens with two attached hydrogens (primary N) is 1. The van der Waals surface area contributed by atoms with Gasteiger partial charge in [-0.1, -0.05) is 13.8 Å². The number of aromatic nitrogens is 1. The number of sulfonamides is 1. The molecular weight excluding hydrogens is 440 g/mol. The van der Waals surface area contributed by atoms with Gasteiger partial charge in [-0.3, -0.25) is 4.98 Å². The summed E-state index contributed by atoms with van der Waals surface area (Å²) in [4.78, 5) is 17.1. The summed E-state index contributed by atoms with van der Waals surface area (Å²) in [5.41, 5.74) is 7.90. The SMILES string of the molecule is CC(C)CNS(=O)(=O)c1cc(C(C)N)c(CNC(=O)OC(C)(C)C)c2cnc(C3CC3)cc12. The van der Waals surface area contributed by atoms with E-state index in [-0.39, 0.29) is 17.4 Å². The smallest absolute Gasteiger partial charge is 0.407 e. The maximum atomic E-state index is 13.3. The summed E-state index contributed by atoms with van der Waals surface area (Å²) < 4.78 is 34.7. The minimum Gasteiger partial charge on any atom is -0.444 e. The van der Waals surface area contributed by atoms with Gasteiger partial charge < -0.3 is 15.8 Å². The zero-order chi connectivity index (χ0) is 24.6. The molecule has 1 aliphatic carbocycles. The molecule has 0 aliphatic heterocycles. The van der Waals surface area contributed by atoms with Crippen molar-refractivity contribution in [2.75, 3.05) is 6.54 Å². The first-order valence-electron chi connectivity index (χ1n) is 11.5. The van der Waals surface area contributed by atoms with Crippen molar-refractivity contribution >= 4 is 26.9 Å². The minimum atomic E-state index is -3.78. The number of pyridine rings is 1. The highest BCUT2D eigenvalue weighted by atomic mass is 32.2. The van der Waals surface area contributed by atoms with Crippen molar-refractivity contribution in [2.45, 2.75) is 83.4 Å². The molecule has 1 unspecified atom stereocenters. The summed E-state index contributed by atoms with van der Waals surface area (Å²) in [6.07, 6.45) is 3.26. The molecule has 2 aromatic rings. The minimum absolute atomic E-state index is 0.145. The topological polar surface area (TPSA) is 123 Å². The number of nitrogens with one attached hydrogen (secondary N) is 2. The van der Waals surface area contributed by atoms with Gasteiger partial charge in [-0.05, 0) is 69.7 Å². The van der Waals surface area contributed by atoms with Gasteiger partial charge in [-0.2, -0.15) is 0 Å². The Labute approximate surface area is 196 Å². The summed E-state index contributed by atoms with van der Waals surface area (Å²) >= 11 is 0. The third kappa shape index (κ3) is 6.43. The first-order chi connectivity index (χ1) is 15.3. The second-order valence-corrected chi connectivity index (χ2v) is 12.0. The molecule has 1 saturated carbocycles. The largest absolute Gasteiger partial charge is 0.444 e. The molecular formula is C24H36N4O4S. The van der Waals surface area contributed by atoms with Crippen molar-refractivity contribution in [3.63, 3.8) is 0 Å². The third-order valence-electron chi connectivity index (χ3n) is 5.42. The van der Waals surface area contributed by atoms with E-state index in [2.05, 4.69) is 15.0 Å². The maximum Gasteiger partial charge on any atom is 0.407 e. The van der Waals surface area contributed by atoms with Gasteiger partial charge in [0, 0.05) is 47.7 Å². The number of benzene rings is 1. The summed E-state index contributed by atoms with van der Waals surface area (Å²) in [5.74, 6) is 0.532. The molecule has 4 N–H and O–H groups in total. The number of amides is 1. The second kappa shape index (κ2) is 9.56. The standard InChI is InChI=1S/C24H36N4O4S/c1-14(2)11-28-33(30,31)22-10-17(15(3)25)19(13-27-23(29)32-24(4,5)6)20-12-26-21(9-18(20)22)16-7-8-16/h9-10,12,14-16,28H,7-8,11,13,25H2,1-6H3,(H,27,29). The second-order valence-electron chi connectivity index (χ2n) is 10.3. The van der Waals surface area contributed by atoms with E-state index in [0.29, 0.717) is 28.8 Å². The lowest BCUT2D eigenvalue weighted by Crippen LogP contribution is -2.32. The van der Waals surface area contributed by atoms with Crippen LogP contribution in [0.1, 0.15) is 83.2 Å². The maximum absolute atomic E-state index is 13.3. The van der Waals surface area contributed by atoms with Crippen molar-refractivity contribution < 1.29 is 17.9 Å². The van der Waals surface area contributed by atoms with Crippen LogP contribution in [0.5, 0.6) is 0 Å². The molecule has 1 fully saturated rings. The van der Waals surface area contributed by atoms with E-state index >= 15 is 0 Å². The number of hydrogen-bond acceptors (Lipinski definition) is 6. The molecule has 1 heterocycles. The zero-order valence-corrected chi connectivity index (χ0v) is 21.2. The quantitative estimate of drug-likeness (QED) is 0.527. The summed E-state index contributed by atoms with van der Waals surface area (Å²) in [6, 6.07) is 3.06. The molecule has 33 heavy (non-hydrogen) atoms. The van der Waals surface area contributed by atoms with E-state index in [1.165, 1.54) is 0 Å². The Balaban J connectivity index is 2.12. The van der Waals surface area contributed by atoms with Gasteiger partial charge in [0.05, 0.1) is 4.90 Å². The fourth-order valence-corrected chi connectivity index (χ4v) is 5.08. The Bertz CT molecular complexity index is 1130. The van der Waals surface area contributed by atoms with Crippen molar-refractivity contribution in [2.24, 2.45) is 11.7 Å². The van der Waals surface area contributed by atoms with Crippen molar-refractivity contribution in [3.8, 4) is 0 Å².